The predicted molar refractivity (Wildman–Crippen MR) is 78.3 cm³/mol. The summed E-state index contributed by atoms with van der Waals surface area (Å²) in [7, 11) is 0. The van der Waals surface area contributed by atoms with E-state index in [0.29, 0.717) is 5.52 Å². The first kappa shape index (κ1) is 16.5. The number of aliphatic hydroxyl groups excluding tert-OH is 3. The molecule has 0 spiro atoms. The molecule has 1 fully saturated rings. The zero-order valence-electron chi connectivity index (χ0n) is 12.7. The molecule has 0 radical (unpaired) electrons. The second-order valence-electron chi connectivity index (χ2n) is 5.25. The minimum absolute atomic E-state index is 0.0625. The van der Waals surface area contributed by atoms with Gasteiger partial charge in [-0.1, -0.05) is 0 Å². The van der Waals surface area contributed by atoms with Crippen LogP contribution < -0.4 is 5.73 Å². The highest BCUT2D eigenvalue weighted by atomic mass is 16.6. The maximum atomic E-state index is 11.6. The van der Waals surface area contributed by atoms with Crippen LogP contribution in [-0.2, 0) is 14.3 Å². The van der Waals surface area contributed by atoms with Gasteiger partial charge in [0.2, 0.25) is 0 Å². The number of nitrogen functional groups attached to an aromatic ring is 1. The van der Waals surface area contributed by atoms with Crippen molar-refractivity contribution in [2.75, 3.05) is 12.3 Å². The molecule has 0 amide bonds. The molecule has 1 saturated heterocycles. The lowest BCUT2D eigenvalue weighted by molar-refractivity contribution is -0.166. The molecule has 1 aliphatic heterocycles. The molecule has 1 aliphatic rings. The number of hydrogen-bond acceptors (Lipinski definition) is 10. The smallest absolute Gasteiger partial charge is 0.337 e. The lowest BCUT2D eigenvalue weighted by Gasteiger charge is -2.19. The van der Waals surface area contributed by atoms with Crippen LogP contribution in [0, 0.1) is 0 Å². The summed E-state index contributed by atoms with van der Waals surface area (Å²) >= 11 is 0. The Morgan fingerprint density at radius 1 is 1.42 bits per heavy atom. The van der Waals surface area contributed by atoms with E-state index >= 15 is 0 Å². The average molecular weight is 339 g/mol. The predicted octanol–water partition coefficient (Wildman–Crippen LogP) is -2.05. The van der Waals surface area contributed by atoms with Crippen LogP contribution in [0.15, 0.2) is 12.7 Å². The Kier molecular flexibility index (Phi) is 4.32. The van der Waals surface area contributed by atoms with E-state index in [4.69, 9.17) is 15.2 Å². The van der Waals surface area contributed by atoms with Crippen LogP contribution in [0.3, 0.4) is 0 Å². The Labute approximate surface area is 135 Å². The highest BCUT2D eigenvalue weighted by Crippen LogP contribution is 2.33. The van der Waals surface area contributed by atoms with Crippen LogP contribution in [0.5, 0.6) is 0 Å². The van der Waals surface area contributed by atoms with Gasteiger partial charge in [0.15, 0.2) is 23.8 Å². The van der Waals surface area contributed by atoms with E-state index in [1.807, 2.05) is 0 Å². The number of anilines is 1. The maximum Gasteiger partial charge on any atom is 0.337 e. The van der Waals surface area contributed by atoms with Gasteiger partial charge in [0.25, 0.3) is 0 Å². The van der Waals surface area contributed by atoms with Crippen LogP contribution >= 0.6 is 0 Å². The molecular weight excluding hydrogens is 322 g/mol. The molecule has 0 bridgehead atoms. The van der Waals surface area contributed by atoms with Crippen molar-refractivity contribution >= 4 is 23.0 Å². The number of carbonyl (C=O) groups is 1. The van der Waals surface area contributed by atoms with Gasteiger partial charge in [-0.15, -0.1) is 0 Å². The van der Waals surface area contributed by atoms with Gasteiger partial charge in [-0.25, -0.2) is 19.7 Å². The maximum absolute atomic E-state index is 11.6. The second-order valence-corrected chi connectivity index (χ2v) is 5.25. The van der Waals surface area contributed by atoms with E-state index < -0.39 is 36.6 Å². The molecule has 0 aromatic carbocycles. The highest BCUT2D eigenvalue weighted by molar-refractivity contribution is 5.81. The van der Waals surface area contributed by atoms with E-state index in [9.17, 15) is 20.1 Å². The molecule has 130 valence electrons. The Hall–Kier alpha value is -2.34. The number of aliphatic hydroxyl groups is 3. The Morgan fingerprint density at radius 2 is 2.17 bits per heavy atom. The van der Waals surface area contributed by atoms with Crippen molar-refractivity contribution in [2.24, 2.45) is 0 Å². The van der Waals surface area contributed by atoms with Crippen LogP contribution in [0.4, 0.5) is 5.82 Å². The summed E-state index contributed by atoms with van der Waals surface area (Å²) < 4.78 is 11.5. The Bertz CT molecular complexity index is 752. The number of rotatable bonds is 4. The number of hydrogen-bond donors (Lipinski definition) is 4. The number of fused-ring (bicyclic) bond motifs is 1. The molecule has 3 unspecified atom stereocenters. The van der Waals surface area contributed by atoms with Gasteiger partial charge in [0.1, 0.15) is 30.2 Å². The van der Waals surface area contributed by atoms with Crippen LogP contribution in [0.2, 0.25) is 0 Å². The van der Waals surface area contributed by atoms with E-state index in [-0.39, 0.29) is 18.1 Å². The Balaban J connectivity index is 1.89. The van der Waals surface area contributed by atoms with Crippen molar-refractivity contribution in [3.8, 4) is 0 Å². The normalized spacial score (nSPS) is 28.2. The average Bonchev–Trinajstić information content (AvgIpc) is 3.11. The molecule has 0 aliphatic carbocycles. The first-order valence-electron chi connectivity index (χ1n) is 7.25. The summed E-state index contributed by atoms with van der Waals surface area (Å²) in [5.41, 5.74) is 6.28. The van der Waals surface area contributed by atoms with Crippen molar-refractivity contribution in [1.82, 2.24) is 19.5 Å². The quantitative estimate of drug-likeness (QED) is 0.455. The van der Waals surface area contributed by atoms with Crippen LogP contribution in [0.25, 0.3) is 11.2 Å². The summed E-state index contributed by atoms with van der Waals surface area (Å²) in [6, 6.07) is 0. The van der Waals surface area contributed by atoms with E-state index in [1.54, 1.807) is 6.92 Å². The van der Waals surface area contributed by atoms with E-state index in [0.717, 1.165) is 0 Å². The van der Waals surface area contributed by atoms with Crippen molar-refractivity contribution in [1.29, 1.82) is 0 Å². The van der Waals surface area contributed by atoms with Gasteiger partial charge in [0.05, 0.1) is 12.9 Å². The zero-order chi connectivity index (χ0) is 17.4. The third-order valence-corrected chi connectivity index (χ3v) is 3.78. The molecule has 2 aromatic rings. The monoisotopic (exact) mass is 339 g/mol. The summed E-state index contributed by atoms with van der Waals surface area (Å²) in [5.74, 6) is -0.800. The first-order chi connectivity index (χ1) is 11.5. The van der Waals surface area contributed by atoms with E-state index in [1.165, 1.54) is 17.2 Å². The van der Waals surface area contributed by atoms with Crippen molar-refractivity contribution < 1.29 is 29.6 Å². The fourth-order valence-corrected chi connectivity index (χ4v) is 2.59. The molecule has 11 heteroatoms. The molecule has 0 saturated carbocycles. The molecular formula is C13H17N5O6. The summed E-state index contributed by atoms with van der Waals surface area (Å²) in [4.78, 5) is 23.5. The molecule has 3 heterocycles. The number of imidazole rings is 1. The molecule has 3 rings (SSSR count). The third kappa shape index (κ3) is 2.57. The molecule has 2 aromatic heterocycles. The fourth-order valence-electron chi connectivity index (χ4n) is 2.59. The molecule has 24 heavy (non-hydrogen) atoms. The van der Waals surface area contributed by atoms with E-state index in [2.05, 4.69) is 15.0 Å². The lowest BCUT2D eigenvalue weighted by atomic mass is 10.1. The summed E-state index contributed by atoms with van der Waals surface area (Å²) in [5, 5.41) is 30.3. The minimum Gasteiger partial charge on any atom is -0.464 e. The first-order valence-corrected chi connectivity index (χ1v) is 7.25. The standard InChI is InChI=1S/C13H17N5O6/c1-2-23-13(22)8(21)9-6(19)7(20)12(24-9)18-4-17-5-10(14)15-3-16-11(5)18/h3-4,6-9,12,19-21H,2H2,1H3,(H2,14,15,16)/t6?,7?,8?,9-,12+/m0/s1. The molecule has 5 N–H and O–H groups in total. The second kappa shape index (κ2) is 6.28. The number of nitrogens with zero attached hydrogens (tertiary/aromatic N) is 4. The van der Waals surface area contributed by atoms with Crippen molar-refractivity contribution in [3.63, 3.8) is 0 Å². The number of carbonyl (C=O) groups excluding carboxylic acids is 1. The van der Waals surface area contributed by atoms with Gasteiger partial charge >= 0.3 is 5.97 Å². The largest absolute Gasteiger partial charge is 0.464 e. The topological polar surface area (TPSA) is 166 Å². The van der Waals surface area contributed by atoms with Gasteiger partial charge < -0.3 is 30.5 Å². The SMILES string of the molecule is CCOC(=O)C(O)[C@H]1O[C@@H](n2cnc3c(N)ncnc32)C(O)C1O. The van der Waals surface area contributed by atoms with Crippen LogP contribution in [0.1, 0.15) is 13.2 Å². The number of esters is 1. The number of nitrogens with two attached hydrogens (primary N) is 1. The molecule has 11 nitrogen and oxygen atoms in total. The fraction of sp³-hybridized carbons (Fsp3) is 0.538. The lowest BCUT2D eigenvalue weighted by Crippen LogP contribution is -2.43. The summed E-state index contributed by atoms with van der Waals surface area (Å²) in [6.45, 7) is 1.64. The van der Waals surface area contributed by atoms with Gasteiger partial charge in [-0.05, 0) is 6.92 Å². The number of aromatic nitrogens is 4. The van der Waals surface area contributed by atoms with Crippen molar-refractivity contribution in [3.05, 3.63) is 12.7 Å². The Morgan fingerprint density at radius 3 is 2.88 bits per heavy atom. The van der Waals surface area contributed by atoms with Crippen molar-refractivity contribution in [2.45, 2.75) is 37.6 Å². The van der Waals surface area contributed by atoms with Gasteiger partial charge in [-0.3, -0.25) is 4.57 Å². The molecule has 5 atom stereocenters. The minimum atomic E-state index is -1.74. The number of ether oxygens (including phenoxy) is 2. The summed E-state index contributed by atoms with van der Waals surface area (Å²) in [6.07, 6.45) is -4.62. The zero-order valence-corrected chi connectivity index (χ0v) is 12.7. The van der Waals surface area contributed by atoms with Gasteiger partial charge in [-0.2, -0.15) is 0 Å². The third-order valence-electron chi connectivity index (χ3n) is 3.78. The van der Waals surface area contributed by atoms with Crippen LogP contribution in [-0.4, -0.2) is 71.8 Å². The highest BCUT2D eigenvalue weighted by Gasteiger charge is 2.49. The van der Waals surface area contributed by atoms with Gasteiger partial charge in [0, 0.05) is 0 Å².